The number of esters is 1. The standard InChI is InChI=1S/C15H23NO4/c1-5-18-13-8-7-12(11-14(13)19-6-2)15(17)20-10-9-16(3)4/h7-8,11H,5-6,9-10H2,1-4H3/p+1. The van der Waals surface area contributed by atoms with Crippen molar-refractivity contribution >= 4 is 5.97 Å². The average molecular weight is 282 g/mol. The monoisotopic (exact) mass is 282 g/mol. The van der Waals surface area contributed by atoms with E-state index in [0.29, 0.717) is 36.9 Å². The number of carbonyl (C=O) groups excluding carboxylic acids is 1. The van der Waals surface area contributed by atoms with E-state index in [-0.39, 0.29) is 5.97 Å². The highest BCUT2D eigenvalue weighted by molar-refractivity contribution is 5.90. The van der Waals surface area contributed by atoms with E-state index in [9.17, 15) is 4.79 Å². The maximum atomic E-state index is 11.9. The van der Waals surface area contributed by atoms with Gasteiger partial charge in [0, 0.05) is 0 Å². The molecule has 0 aliphatic heterocycles. The van der Waals surface area contributed by atoms with Gasteiger partial charge in [-0.1, -0.05) is 0 Å². The molecule has 1 aromatic rings. The lowest BCUT2D eigenvalue weighted by Crippen LogP contribution is -3.06. The minimum Gasteiger partial charge on any atom is -0.490 e. The molecule has 0 heterocycles. The molecule has 0 aromatic heterocycles. The Kier molecular flexibility index (Phi) is 6.87. The Hall–Kier alpha value is -1.75. The molecule has 0 amide bonds. The lowest BCUT2D eigenvalue weighted by Gasteiger charge is -2.12. The summed E-state index contributed by atoms with van der Waals surface area (Å²) in [6.45, 7) is 6.04. The van der Waals surface area contributed by atoms with Crippen molar-refractivity contribution in [3.63, 3.8) is 0 Å². The first-order valence-corrected chi connectivity index (χ1v) is 6.94. The van der Waals surface area contributed by atoms with Crippen LogP contribution in [0.2, 0.25) is 0 Å². The van der Waals surface area contributed by atoms with Crippen molar-refractivity contribution in [1.82, 2.24) is 0 Å². The minimum absolute atomic E-state index is 0.338. The largest absolute Gasteiger partial charge is 0.490 e. The molecule has 0 radical (unpaired) electrons. The van der Waals surface area contributed by atoms with Gasteiger partial charge >= 0.3 is 5.97 Å². The second kappa shape index (κ2) is 8.43. The van der Waals surface area contributed by atoms with Crippen LogP contribution in [0.4, 0.5) is 0 Å². The highest BCUT2D eigenvalue weighted by atomic mass is 16.5. The molecular formula is C15H24NO4+. The molecule has 1 rings (SSSR count). The van der Waals surface area contributed by atoms with Crippen LogP contribution in [0.3, 0.4) is 0 Å². The fraction of sp³-hybridized carbons (Fsp3) is 0.533. The van der Waals surface area contributed by atoms with Gasteiger partial charge in [0.1, 0.15) is 13.2 Å². The average Bonchev–Trinajstić information content (AvgIpc) is 2.40. The molecule has 0 aliphatic rings. The summed E-state index contributed by atoms with van der Waals surface area (Å²) in [5.41, 5.74) is 0.477. The number of carbonyl (C=O) groups is 1. The molecule has 0 bridgehead atoms. The van der Waals surface area contributed by atoms with Gasteiger partial charge in [0.15, 0.2) is 11.5 Å². The van der Waals surface area contributed by atoms with Crippen LogP contribution in [-0.4, -0.2) is 46.4 Å². The summed E-state index contributed by atoms with van der Waals surface area (Å²) < 4.78 is 16.2. The number of rotatable bonds is 8. The van der Waals surface area contributed by atoms with Crippen LogP contribution in [0.25, 0.3) is 0 Å². The van der Waals surface area contributed by atoms with Gasteiger partial charge in [-0.15, -0.1) is 0 Å². The first kappa shape index (κ1) is 16.3. The van der Waals surface area contributed by atoms with E-state index in [0.717, 1.165) is 6.54 Å². The van der Waals surface area contributed by atoms with Crippen molar-refractivity contribution in [2.75, 3.05) is 40.5 Å². The van der Waals surface area contributed by atoms with Gasteiger partial charge in [-0.25, -0.2) is 4.79 Å². The Labute approximate surface area is 120 Å². The fourth-order valence-electron chi connectivity index (χ4n) is 1.61. The normalized spacial score (nSPS) is 10.4. The zero-order valence-corrected chi connectivity index (χ0v) is 12.7. The molecule has 1 aromatic carbocycles. The van der Waals surface area contributed by atoms with Crippen molar-refractivity contribution in [2.45, 2.75) is 13.8 Å². The zero-order chi connectivity index (χ0) is 15.0. The summed E-state index contributed by atoms with van der Waals surface area (Å²) in [6, 6.07) is 5.10. The molecule has 0 saturated carbocycles. The first-order chi connectivity index (χ1) is 9.58. The number of hydrogen-bond acceptors (Lipinski definition) is 4. The number of ether oxygens (including phenoxy) is 3. The van der Waals surface area contributed by atoms with E-state index in [4.69, 9.17) is 14.2 Å². The molecule has 5 nitrogen and oxygen atoms in total. The molecule has 0 spiro atoms. The van der Waals surface area contributed by atoms with Crippen molar-refractivity contribution in [3.8, 4) is 11.5 Å². The highest BCUT2D eigenvalue weighted by Crippen LogP contribution is 2.28. The second-order valence-corrected chi connectivity index (χ2v) is 4.62. The smallest absolute Gasteiger partial charge is 0.338 e. The number of likely N-dealkylation sites (N-methyl/N-ethyl adjacent to an activating group) is 1. The van der Waals surface area contributed by atoms with Gasteiger partial charge in [-0.3, -0.25) is 0 Å². The van der Waals surface area contributed by atoms with E-state index in [2.05, 4.69) is 0 Å². The Morgan fingerprint density at radius 2 is 1.75 bits per heavy atom. The van der Waals surface area contributed by atoms with Crippen LogP contribution in [0.15, 0.2) is 18.2 Å². The molecule has 0 unspecified atom stereocenters. The van der Waals surface area contributed by atoms with Crippen LogP contribution < -0.4 is 14.4 Å². The van der Waals surface area contributed by atoms with Crippen LogP contribution in [0.5, 0.6) is 11.5 Å². The van der Waals surface area contributed by atoms with Crippen molar-refractivity contribution in [3.05, 3.63) is 23.8 Å². The van der Waals surface area contributed by atoms with E-state index < -0.39 is 0 Å². The van der Waals surface area contributed by atoms with E-state index in [1.54, 1.807) is 18.2 Å². The van der Waals surface area contributed by atoms with Gasteiger partial charge in [0.2, 0.25) is 0 Å². The topological polar surface area (TPSA) is 49.2 Å². The van der Waals surface area contributed by atoms with Crippen molar-refractivity contribution in [2.24, 2.45) is 0 Å². The molecular weight excluding hydrogens is 258 g/mol. The number of hydrogen-bond donors (Lipinski definition) is 1. The van der Waals surface area contributed by atoms with Gasteiger partial charge in [0.05, 0.1) is 32.9 Å². The van der Waals surface area contributed by atoms with Gasteiger partial charge in [-0.05, 0) is 32.0 Å². The Morgan fingerprint density at radius 1 is 1.10 bits per heavy atom. The molecule has 0 aliphatic carbocycles. The molecule has 1 N–H and O–H groups in total. The molecule has 112 valence electrons. The van der Waals surface area contributed by atoms with E-state index in [1.165, 1.54) is 4.90 Å². The van der Waals surface area contributed by atoms with Crippen LogP contribution in [0, 0.1) is 0 Å². The summed E-state index contributed by atoms with van der Waals surface area (Å²) in [5, 5.41) is 0. The van der Waals surface area contributed by atoms with E-state index in [1.807, 2.05) is 27.9 Å². The summed E-state index contributed by atoms with van der Waals surface area (Å²) in [7, 11) is 4.02. The predicted molar refractivity (Wildman–Crippen MR) is 76.7 cm³/mol. The maximum absolute atomic E-state index is 11.9. The second-order valence-electron chi connectivity index (χ2n) is 4.62. The van der Waals surface area contributed by atoms with Crippen LogP contribution in [0.1, 0.15) is 24.2 Å². The lowest BCUT2D eigenvalue weighted by atomic mass is 10.2. The zero-order valence-electron chi connectivity index (χ0n) is 12.7. The first-order valence-electron chi connectivity index (χ1n) is 6.94. The SMILES string of the molecule is CCOc1ccc(C(=O)OCC[NH+](C)C)cc1OCC. The van der Waals surface area contributed by atoms with Crippen LogP contribution >= 0.6 is 0 Å². The third kappa shape index (κ3) is 5.09. The van der Waals surface area contributed by atoms with Gasteiger partial charge < -0.3 is 19.1 Å². The molecule has 0 atom stereocenters. The Bertz CT molecular complexity index is 432. The highest BCUT2D eigenvalue weighted by Gasteiger charge is 2.13. The fourth-order valence-corrected chi connectivity index (χ4v) is 1.61. The van der Waals surface area contributed by atoms with Crippen LogP contribution in [-0.2, 0) is 4.74 Å². The molecule has 0 fully saturated rings. The number of quaternary nitrogens is 1. The summed E-state index contributed by atoms with van der Waals surface area (Å²) in [6.07, 6.45) is 0. The molecule has 5 heteroatoms. The third-order valence-electron chi connectivity index (χ3n) is 2.61. The lowest BCUT2D eigenvalue weighted by molar-refractivity contribution is -0.858. The third-order valence-corrected chi connectivity index (χ3v) is 2.61. The van der Waals surface area contributed by atoms with Crippen molar-refractivity contribution < 1.29 is 23.9 Å². The summed E-state index contributed by atoms with van der Waals surface area (Å²) in [5.74, 6) is 0.876. The molecule has 20 heavy (non-hydrogen) atoms. The Morgan fingerprint density at radius 3 is 2.35 bits per heavy atom. The maximum Gasteiger partial charge on any atom is 0.338 e. The minimum atomic E-state index is -0.338. The predicted octanol–water partition coefficient (Wildman–Crippen LogP) is 0.785. The Balaban J connectivity index is 2.74. The quantitative estimate of drug-likeness (QED) is 0.716. The number of nitrogens with one attached hydrogen (secondary N) is 1. The van der Waals surface area contributed by atoms with Gasteiger partial charge in [0.25, 0.3) is 0 Å². The van der Waals surface area contributed by atoms with Gasteiger partial charge in [-0.2, -0.15) is 0 Å². The van der Waals surface area contributed by atoms with E-state index >= 15 is 0 Å². The number of benzene rings is 1. The summed E-state index contributed by atoms with van der Waals surface area (Å²) in [4.78, 5) is 13.2. The molecule has 0 saturated heterocycles. The summed E-state index contributed by atoms with van der Waals surface area (Å²) >= 11 is 0. The van der Waals surface area contributed by atoms with Crippen molar-refractivity contribution in [1.29, 1.82) is 0 Å².